The van der Waals surface area contributed by atoms with Gasteiger partial charge in [-0.2, -0.15) is 0 Å². The fourth-order valence-corrected chi connectivity index (χ4v) is 2.18. The maximum Gasteiger partial charge on any atom is 0.0931 e. The van der Waals surface area contributed by atoms with Crippen molar-refractivity contribution in [2.45, 2.75) is 19.4 Å². The molecule has 3 N–H and O–H groups in total. The average molecular weight is 235 g/mol. The molecule has 0 aromatic carbocycles. The molecule has 14 heavy (non-hydrogen) atoms. The Morgan fingerprint density at radius 2 is 2.43 bits per heavy atom. The zero-order valence-electron chi connectivity index (χ0n) is 8.13. The summed E-state index contributed by atoms with van der Waals surface area (Å²) in [6, 6.07) is 3.87. The van der Waals surface area contributed by atoms with Crippen molar-refractivity contribution in [3.05, 3.63) is 21.3 Å². The molecule has 0 amide bonds. The second-order valence-electron chi connectivity index (χ2n) is 2.94. The number of nitrogens with one attached hydrogen (secondary N) is 1. The summed E-state index contributed by atoms with van der Waals surface area (Å²) in [5.41, 5.74) is 2.72. The summed E-state index contributed by atoms with van der Waals surface area (Å²) < 4.78 is 6.19. The van der Waals surface area contributed by atoms with Crippen LogP contribution in [-0.2, 0) is 4.74 Å². The van der Waals surface area contributed by atoms with Crippen molar-refractivity contribution in [1.82, 2.24) is 5.43 Å². The first-order chi connectivity index (χ1) is 6.77. The van der Waals surface area contributed by atoms with Crippen molar-refractivity contribution in [2.24, 2.45) is 5.84 Å². The maximum atomic E-state index is 5.83. The predicted octanol–water partition coefficient (Wildman–Crippen LogP) is 2.33. The van der Waals surface area contributed by atoms with Gasteiger partial charge in [0.2, 0.25) is 0 Å². The Balaban J connectivity index is 2.45. The van der Waals surface area contributed by atoms with E-state index in [0.717, 1.165) is 22.2 Å². The van der Waals surface area contributed by atoms with E-state index in [1.54, 1.807) is 0 Å². The summed E-state index contributed by atoms with van der Waals surface area (Å²) in [4.78, 5) is 1.11. The topological polar surface area (TPSA) is 47.3 Å². The summed E-state index contributed by atoms with van der Waals surface area (Å²) in [7, 11) is 0. The number of halogens is 1. The third-order valence-corrected chi connectivity index (χ3v) is 3.12. The van der Waals surface area contributed by atoms with Gasteiger partial charge < -0.3 is 4.74 Å². The fourth-order valence-electron chi connectivity index (χ4n) is 1.07. The number of hydrogen-bond donors (Lipinski definition) is 2. The molecule has 0 aliphatic heterocycles. The summed E-state index contributed by atoms with van der Waals surface area (Å²) >= 11 is 7.35. The molecular weight excluding hydrogens is 220 g/mol. The lowest BCUT2D eigenvalue weighted by Crippen LogP contribution is -2.30. The van der Waals surface area contributed by atoms with Crippen molar-refractivity contribution in [3.63, 3.8) is 0 Å². The second-order valence-corrected chi connectivity index (χ2v) is 4.68. The molecular formula is C9H15ClN2OS. The van der Waals surface area contributed by atoms with Crippen LogP contribution < -0.4 is 11.3 Å². The molecule has 0 radical (unpaired) electrons. The highest BCUT2D eigenvalue weighted by Crippen LogP contribution is 2.26. The SMILES string of the molecule is CCCOCC(NN)c1ccc(Cl)s1. The van der Waals surface area contributed by atoms with Crippen molar-refractivity contribution >= 4 is 22.9 Å². The van der Waals surface area contributed by atoms with Gasteiger partial charge in [0, 0.05) is 11.5 Å². The highest BCUT2D eigenvalue weighted by atomic mass is 35.5. The quantitative estimate of drug-likeness (QED) is 0.451. The molecule has 80 valence electrons. The molecule has 1 heterocycles. The summed E-state index contributed by atoms with van der Waals surface area (Å²) in [6.45, 7) is 3.42. The van der Waals surface area contributed by atoms with Gasteiger partial charge >= 0.3 is 0 Å². The van der Waals surface area contributed by atoms with Crippen LogP contribution in [0.5, 0.6) is 0 Å². The van der Waals surface area contributed by atoms with Crippen LogP contribution in [0, 0.1) is 0 Å². The number of hydrogen-bond acceptors (Lipinski definition) is 4. The maximum absolute atomic E-state index is 5.83. The summed E-state index contributed by atoms with van der Waals surface area (Å²) in [5.74, 6) is 5.43. The fraction of sp³-hybridized carbons (Fsp3) is 0.556. The minimum atomic E-state index is 0.0408. The molecule has 1 aromatic rings. The van der Waals surface area contributed by atoms with Gasteiger partial charge in [0.15, 0.2) is 0 Å². The Morgan fingerprint density at radius 3 is 2.93 bits per heavy atom. The standard InChI is InChI=1S/C9H15ClN2OS/c1-2-5-13-6-7(12-11)8-3-4-9(10)14-8/h3-4,7,12H,2,5-6,11H2,1H3. The molecule has 1 rings (SSSR count). The summed E-state index contributed by atoms with van der Waals surface area (Å²) in [5, 5.41) is 0. The molecule has 0 bridgehead atoms. The van der Waals surface area contributed by atoms with Crippen LogP contribution in [0.1, 0.15) is 24.3 Å². The molecule has 5 heteroatoms. The number of thiophene rings is 1. The minimum absolute atomic E-state index is 0.0408. The molecule has 1 aromatic heterocycles. The molecule has 1 atom stereocenters. The van der Waals surface area contributed by atoms with Crippen molar-refractivity contribution in [2.75, 3.05) is 13.2 Å². The molecule has 0 fully saturated rings. The number of rotatable bonds is 6. The molecule has 0 aliphatic carbocycles. The van der Waals surface area contributed by atoms with E-state index in [1.807, 2.05) is 12.1 Å². The molecule has 0 aliphatic rings. The van der Waals surface area contributed by atoms with Gasteiger partial charge in [0.05, 0.1) is 17.0 Å². The molecule has 3 nitrogen and oxygen atoms in total. The number of ether oxygens (including phenoxy) is 1. The van der Waals surface area contributed by atoms with Crippen LogP contribution in [-0.4, -0.2) is 13.2 Å². The van der Waals surface area contributed by atoms with Crippen LogP contribution in [0.15, 0.2) is 12.1 Å². The van der Waals surface area contributed by atoms with Crippen molar-refractivity contribution in [1.29, 1.82) is 0 Å². The Kier molecular flexibility index (Phi) is 5.44. The van der Waals surface area contributed by atoms with E-state index in [9.17, 15) is 0 Å². The lowest BCUT2D eigenvalue weighted by atomic mass is 10.3. The molecule has 0 saturated carbocycles. The highest BCUT2D eigenvalue weighted by Gasteiger charge is 2.11. The van der Waals surface area contributed by atoms with Crippen molar-refractivity contribution in [3.8, 4) is 0 Å². The Hall–Kier alpha value is -0.130. The van der Waals surface area contributed by atoms with Crippen molar-refractivity contribution < 1.29 is 4.74 Å². The van der Waals surface area contributed by atoms with Gasteiger partial charge in [-0.25, -0.2) is 5.43 Å². The van der Waals surface area contributed by atoms with Gasteiger partial charge in [-0.3, -0.25) is 5.84 Å². The normalized spacial score (nSPS) is 13.1. The lowest BCUT2D eigenvalue weighted by molar-refractivity contribution is 0.113. The second kappa shape index (κ2) is 6.37. The third kappa shape index (κ3) is 3.55. The zero-order valence-corrected chi connectivity index (χ0v) is 9.70. The monoisotopic (exact) mass is 234 g/mol. The van der Waals surface area contributed by atoms with E-state index in [4.69, 9.17) is 22.2 Å². The van der Waals surface area contributed by atoms with E-state index < -0.39 is 0 Å². The smallest absolute Gasteiger partial charge is 0.0931 e. The Bertz CT molecular complexity index is 267. The summed E-state index contributed by atoms with van der Waals surface area (Å²) in [6.07, 6.45) is 1.02. The van der Waals surface area contributed by atoms with Gasteiger partial charge in [0.25, 0.3) is 0 Å². The van der Waals surface area contributed by atoms with Gasteiger partial charge in [0.1, 0.15) is 0 Å². The zero-order chi connectivity index (χ0) is 10.4. The first-order valence-electron chi connectivity index (χ1n) is 4.57. The minimum Gasteiger partial charge on any atom is -0.379 e. The highest BCUT2D eigenvalue weighted by molar-refractivity contribution is 7.16. The third-order valence-electron chi connectivity index (χ3n) is 1.77. The largest absolute Gasteiger partial charge is 0.379 e. The lowest BCUT2D eigenvalue weighted by Gasteiger charge is -2.13. The molecule has 0 spiro atoms. The van der Waals surface area contributed by atoms with Crippen LogP contribution in [0.25, 0.3) is 0 Å². The van der Waals surface area contributed by atoms with Gasteiger partial charge in [-0.1, -0.05) is 18.5 Å². The van der Waals surface area contributed by atoms with E-state index in [-0.39, 0.29) is 6.04 Å². The van der Waals surface area contributed by atoms with Crippen LogP contribution >= 0.6 is 22.9 Å². The Labute approximate surface area is 93.2 Å². The van der Waals surface area contributed by atoms with E-state index >= 15 is 0 Å². The first-order valence-corrected chi connectivity index (χ1v) is 5.76. The van der Waals surface area contributed by atoms with E-state index in [0.29, 0.717) is 6.61 Å². The Morgan fingerprint density at radius 1 is 1.64 bits per heavy atom. The number of hydrazine groups is 1. The average Bonchev–Trinajstić information content (AvgIpc) is 2.60. The van der Waals surface area contributed by atoms with E-state index in [2.05, 4.69) is 12.3 Å². The van der Waals surface area contributed by atoms with Crippen LogP contribution in [0.3, 0.4) is 0 Å². The molecule has 1 unspecified atom stereocenters. The first kappa shape index (κ1) is 11.9. The van der Waals surface area contributed by atoms with Gasteiger partial charge in [-0.15, -0.1) is 11.3 Å². The van der Waals surface area contributed by atoms with E-state index in [1.165, 1.54) is 11.3 Å². The van der Waals surface area contributed by atoms with Crippen LogP contribution in [0.2, 0.25) is 4.34 Å². The van der Waals surface area contributed by atoms with Crippen LogP contribution in [0.4, 0.5) is 0 Å². The molecule has 0 saturated heterocycles. The predicted molar refractivity (Wildman–Crippen MR) is 60.5 cm³/mol. The number of nitrogens with two attached hydrogens (primary N) is 1. The van der Waals surface area contributed by atoms with Gasteiger partial charge in [-0.05, 0) is 18.6 Å².